The minimum atomic E-state index is 0.433. The second kappa shape index (κ2) is 5.55. The lowest BCUT2D eigenvalue weighted by molar-refractivity contribution is -0.0173. The minimum Gasteiger partial charge on any atom is -0.376 e. The molecule has 2 atom stereocenters. The zero-order valence-electron chi connectivity index (χ0n) is 8.21. The van der Waals surface area contributed by atoms with Gasteiger partial charge in [-0.25, -0.2) is 0 Å². The Morgan fingerprint density at radius 1 is 0.833 bits per heavy atom. The number of hydrogen-bond acceptors (Lipinski definition) is 2. The Labute approximate surface area is 75.2 Å². The van der Waals surface area contributed by atoms with Crippen LogP contribution in [0.4, 0.5) is 0 Å². The summed E-state index contributed by atoms with van der Waals surface area (Å²) in [5, 5.41) is 0. The first-order chi connectivity index (χ1) is 5.97. The van der Waals surface area contributed by atoms with Gasteiger partial charge in [-0.2, -0.15) is 0 Å². The van der Waals surface area contributed by atoms with Crippen LogP contribution in [0.3, 0.4) is 0 Å². The molecule has 0 spiro atoms. The largest absolute Gasteiger partial charge is 0.376 e. The molecule has 0 bridgehead atoms. The molecule has 2 heteroatoms. The highest BCUT2D eigenvalue weighted by Crippen LogP contribution is 2.24. The van der Waals surface area contributed by atoms with E-state index in [2.05, 4.69) is 0 Å². The average molecular weight is 172 g/mol. The van der Waals surface area contributed by atoms with E-state index >= 15 is 0 Å². The molecule has 12 heavy (non-hydrogen) atoms. The van der Waals surface area contributed by atoms with Gasteiger partial charge < -0.3 is 9.47 Å². The molecule has 2 aliphatic heterocycles. The summed E-state index contributed by atoms with van der Waals surface area (Å²) in [5.74, 6) is 0. The van der Waals surface area contributed by atoms with Gasteiger partial charge >= 0.3 is 0 Å². The molecular formula is C10H20O2. The van der Waals surface area contributed by atoms with Crippen molar-refractivity contribution in [2.75, 3.05) is 13.2 Å². The van der Waals surface area contributed by atoms with Crippen molar-refractivity contribution < 1.29 is 9.47 Å². The van der Waals surface area contributed by atoms with Gasteiger partial charge in [-0.3, -0.25) is 0 Å². The predicted molar refractivity (Wildman–Crippen MR) is 49.3 cm³/mol. The van der Waals surface area contributed by atoms with Crippen molar-refractivity contribution in [2.45, 2.75) is 51.7 Å². The molecule has 0 radical (unpaired) electrons. The second-order valence-electron chi connectivity index (χ2n) is 3.10. The van der Waals surface area contributed by atoms with Gasteiger partial charge in [0.1, 0.15) is 0 Å². The summed E-state index contributed by atoms with van der Waals surface area (Å²) in [4.78, 5) is 0. The van der Waals surface area contributed by atoms with Gasteiger partial charge in [0.2, 0.25) is 0 Å². The lowest BCUT2D eigenvalue weighted by Crippen LogP contribution is -2.23. The topological polar surface area (TPSA) is 18.5 Å². The van der Waals surface area contributed by atoms with E-state index in [0.29, 0.717) is 12.2 Å². The third-order valence-corrected chi connectivity index (χ3v) is 2.34. The van der Waals surface area contributed by atoms with Crippen LogP contribution < -0.4 is 0 Å². The Kier molecular flexibility index (Phi) is 4.62. The average Bonchev–Trinajstić information content (AvgIpc) is 2.80. The van der Waals surface area contributed by atoms with E-state index in [1.54, 1.807) is 0 Å². The maximum Gasteiger partial charge on any atom is 0.0837 e. The van der Waals surface area contributed by atoms with Crippen molar-refractivity contribution in [2.24, 2.45) is 0 Å². The van der Waals surface area contributed by atoms with Crippen molar-refractivity contribution in [3.63, 3.8) is 0 Å². The Balaban J connectivity index is 0.000000336. The minimum absolute atomic E-state index is 0.433. The fourth-order valence-corrected chi connectivity index (χ4v) is 1.79. The second-order valence-corrected chi connectivity index (χ2v) is 3.10. The number of hydrogen-bond donors (Lipinski definition) is 0. The van der Waals surface area contributed by atoms with Crippen LogP contribution in [0.15, 0.2) is 0 Å². The number of ether oxygens (including phenoxy) is 2. The molecular weight excluding hydrogens is 152 g/mol. The Hall–Kier alpha value is -0.0800. The molecule has 0 aliphatic carbocycles. The Morgan fingerprint density at radius 3 is 1.50 bits per heavy atom. The Morgan fingerprint density at radius 2 is 1.25 bits per heavy atom. The summed E-state index contributed by atoms with van der Waals surface area (Å²) in [5.41, 5.74) is 0. The molecule has 0 aromatic rings. The maximum absolute atomic E-state index is 5.51. The standard InChI is InChI=1S/C8H14O2.C2H6/c1-3-7(9-5-1)8-4-2-6-10-8;1-2/h7-8H,1-6H2;1-2H3. The smallest absolute Gasteiger partial charge is 0.0837 e. The van der Waals surface area contributed by atoms with Gasteiger partial charge in [-0.1, -0.05) is 13.8 Å². The molecule has 2 aliphatic rings. The van der Waals surface area contributed by atoms with Gasteiger partial charge in [0.05, 0.1) is 12.2 Å². The van der Waals surface area contributed by atoms with Crippen LogP contribution in [0.5, 0.6) is 0 Å². The van der Waals surface area contributed by atoms with Gasteiger partial charge in [-0.15, -0.1) is 0 Å². The summed E-state index contributed by atoms with van der Waals surface area (Å²) in [6, 6.07) is 0. The summed E-state index contributed by atoms with van der Waals surface area (Å²) >= 11 is 0. The van der Waals surface area contributed by atoms with Crippen LogP contribution in [-0.4, -0.2) is 25.4 Å². The molecule has 2 unspecified atom stereocenters. The zero-order valence-corrected chi connectivity index (χ0v) is 8.21. The fraction of sp³-hybridized carbons (Fsp3) is 1.00. The summed E-state index contributed by atoms with van der Waals surface area (Å²) in [6.07, 6.45) is 5.75. The van der Waals surface area contributed by atoms with E-state index in [1.807, 2.05) is 13.8 Å². The van der Waals surface area contributed by atoms with Crippen molar-refractivity contribution in [1.82, 2.24) is 0 Å². The highest BCUT2D eigenvalue weighted by Gasteiger charge is 2.28. The fourth-order valence-electron chi connectivity index (χ4n) is 1.79. The SMILES string of the molecule is C1COC(C2CCCO2)C1.CC. The van der Waals surface area contributed by atoms with Crippen molar-refractivity contribution in [3.8, 4) is 0 Å². The monoisotopic (exact) mass is 172 g/mol. The van der Waals surface area contributed by atoms with Crippen molar-refractivity contribution in [3.05, 3.63) is 0 Å². The summed E-state index contributed by atoms with van der Waals surface area (Å²) in [7, 11) is 0. The van der Waals surface area contributed by atoms with Gasteiger partial charge in [-0.05, 0) is 25.7 Å². The van der Waals surface area contributed by atoms with E-state index in [4.69, 9.17) is 9.47 Å². The summed E-state index contributed by atoms with van der Waals surface area (Å²) < 4.78 is 11.0. The van der Waals surface area contributed by atoms with Crippen molar-refractivity contribution >= 4 is 0 Å². The quantitative estimate of drug-likeness (QED) is 0.604. The van der Waals surface area contributed by atoms with E-state index in [1.165, 1.54) is 25.7 Å². The van der Waals surface area contributed by atoms with Crippen molar-refractivity contribution in [1.29, 1.82) is 0 Å². The van der Waals surface area contributed by atoms with E-state index < -0.39 is 0 Å². The molecule has 0 amide bonds. The highest BCUT2D eigenvalue weighted by atomic mass is 16.5. The summed E-state index contributed by atoms with van der Waals surface area (Å²) in [6.45, 7) is 5.90. The lowest BCUT2D eigenvalue weighted by Gasteiger charge is -2.15. The molecule has 0 aromatic carbocycles. The van der Waals surface area contributed by atoms with E-state index in [0.717, 1.165) is 13.2 Å². The highest BCUT2D eigenvalue weighted by molar-refractivity contribution is 4.78. The van der Waals surface area contributed by atoms with Gasteiger partial charge in [0.15, 0.2) is 0 Å². The molecule has 0 saturated carbocycles. The zero-order chi connectivity index (χ0) is 8.81. The van der Waals surface area contributed by atoms with Crippen LogP contribution in [0.1, 0.15) is 39.5 Å². The Bertz CT molecular complexity index is 88.4. The first kappa shape index (κ1) is 10.0. The molecule has 2 rings (SSSR count). The maximum atomic E-state index is 5.51. The van der Waals surface area contributed by atoms with Gasteiger partial charge in [0, 0.05) is 13.2 Å². The van der Waals surface area contributed by atoms with Crippen LogP contribution in [-0.2, 0) is 9.47 Å². The molecule has 2 saturated heterocycles. The lowest BCUT2D eigenvalue weighted by atomic mass is 10.1. The first-order valence-electron chi connectivity index (χ1n) is 5.20. The normalized spacial score (nSPS) is 34.5. The molecule has 0 aromatic heterocycles. The molecule has 2 nitrogen and oxygen atoms in total. The molecule has 72 valence electrons. The van der Waals surface area contributed by atoms with E-state index in [9.17, 15) is 0 Å². The molecule has 2 heterocycles. The van der Waals surface area contributed by atoms with Crippen LogP contribution in [0.2, 0.25) is 0 Å². The van der Waals surface area contributed by atoms with Gasteiger partial charge in [0.25, 0.3) is 0 Å². The first-order valence-corrected chi connectivity index (χ1v) is 5.20. The van der Waals surface area contributed by atoms with Crippen LogP contribution >= 0.6 is 0 Å². The molecule has 2 fully saturated rings. The third kappa shape index (κ3) is 2.46. The van der Waals surface area contributed by atoms with Crippen LogP contribution in [0, 0.1) is 0 Å². The van der Waals surface area contributed by atoms with E-state index in [-0.39, 0.29) is 0 Å². The predicted octanol–water partition coefficient (Wildman–Crippen LogP) is 2.37. The number of rotatable bonds is 1. The third-order valence-electron chi connectivity index (χ3n) is 2.34. The molecule has 0 N–H and O–H groups in total. The van der Waals surface area contributed by atoms with Crippen LogP contribution in [0.25, 0.3) is 0 Å².